The maximum atomic E-state index is 14.4. The molecule has 0 aromatic heterocycles. The van der Waals surface area contributed by atoms with Gasteiger partial charge >= 0.3 is 5.97 Å². The summed E-state index contributed by atoms with van der Waals surface area (Å²) in [5.41, 5.74) is 1.55. The monoisotopic (exact) mass is 806 g/mol. The van der Waals surface area contributed by atoms with Crippen molar-refractivity contribution in [1.29, 1.82) is 0 Å². The molecule has 6 N–H and O–H groups in total. The number of ether oxygens (including phenoxy) is 7. The van der Waals surface area contributed by atoms with Crippen LogP contribution >= 0.6 is 0 Å². The van der Waals surface area contributed by atoms with Crippen LogP contribution in [0.15, 0.2) is 0 Å². The number of rotatable bonds is 11. The molecule has 0 amide bonds. The van der Waals surface area contributed by atoms with E-state index in [1.165, 1.54) is 6.92 Å². The Hall–Kier alpha value is -1.05. The van der Waals surface area contributed by atoms with Crippen molar-refractivity contribution in [1.82, 2.24) is 9.80 Å². The topological polar surface area (TPSA) is 195 Å². The maximum absolute atomic E-state index is 14.4. The van der Waals surface area contributed by atoms with E-state index in [1.54, 1.807) is 27.9 Å². The van der Waals surface area contributed by atoms with Gasteiger partial charge in [-0.1, -0.05) is 20.8 Å². The lowest BCUT2D eigenvalue weighted by Crippen LogP contribution is -2.61. The first-order valence-electron chi connectivity index (χ1n) is 20.8. The Bertz CT molecular complexity index is 1210. The van der Waals surface area contributed by atoms with E-state index in [1.807, 2.05) is 72.5 Å². The largest absolute Gasteiger partial charge is 0.459 e. The van der Waals surface area contributed by atoms with Crippen molar-refractivity contribution < 1.29 is 58.4 Å². The van der Waals surface area contributed by atoms with E-state index in [0.717, 1.165) is 0 Å². The van der Waals surface area contributed by atoms with Crippen molar-refractivity contribution in [2.75, 3.05) is 47.9 Å². The summed E-state index contributed by atoms with van der Waals surface area (Å²) in [6.07, 6.45) is -6.55. The van der Waals surface area contributed by atoms with Crippen LogP contribution in [0.2, 0.25) is 0 Å². The number of likely N-dealkylation sites (N-methyl/N-ethyl adjacent to an activating group) is 2. The lowest BCUT2D eigenvalue weighted by molar-refractivity contribution is -0.320. The Labute approximate surface area is 336 Å². The van der Waals surface area contributed by atoms with Crippen LogP contribution in [0.5, 0.6) is 0 Å². The van der Waals surface area contributed by atoms with Gasteiger partial charge in [-0.3, -0.25) is 4.79 Å². The van der Waals surface area contributed by atoms with Crippen LogP contribution in [0, 0.1) is 17.8 Å². The zero-order valence-electron chi connectivity index (χ0n) is 36.8. The molecule has 3 heterocycles. The second-order valence-corrected chi connectivity index (χ2v) is 18.2. The highest BCUT2D eigenvalue weighted by Crippen LogP contribution is 2.41. The second kappa shape index (κ2) is 20.5. The Morgan fingerprint density at radius 2 is 1.62 bits per heavy atom. The number of hydrogen-bond donors (Lipinski definition) is 5. The normalized spacial score (nSPS) is 46.9. The SMILES string of the molecule is CC[C@H]1OC(=O)[C@H](C)C(O[C@H]2C[C@@](C)(OC)[C@@H](OCCCN)[C@H](C)O2)[C@H](C)[C@@H](O[C@@H]2O[C@H](C)C[C@H](N(C)C)[C@H]2O)[C@](C)(O)C[C@@H](C)CN(C)[C@H](C)[C@@H](O)[C@]1(C)O. The molecule has 3 aliphatic rings. The first-order chi connectivity index (χ1) is 25.9. The maximum Gasteiger partial charge on any atom is 0.311 e. The number of nitrogens with zero attached hydrogens (tertiary/aromatic N) is 2. The summed E-state index contributed by atoms with van der Waals surface area (Å²) in [7, 11) is 7.26. The molecule has 0 radical (unpaired) electrons. The number of nitrogens with two attached hydrogens (primary N) is 1. The number of esters is 1. The lowest BCUT2D eigenvalue weighted by atomic mass is 9.77. The smallest absolute Gasteiger partial charge is 0.311 e. The molecule has 15 nitrogen and oxygen atoms in total. The molecule has 3 rings (SSSR count). The molecule has 1 unspecified atom stereocenters. The van der Waals surface area contributed by atoms with Gasteiger partial charge in [-0.05, 0) is 108 Å². The van der Waals surface area contributed by atoms with Gasteiger partial charge in [-0.25, -0.2) is 0 Å². The Kier molecular flexibility index (Phi) is 18.0. The molecule has 0 aliphatic carbocycles. The van der Waals surface area contributed by atoms with Gasteiger partial charge in [0.15, 0.2) is 12.6 Å². The number of hydrogen-bond acceptors (Lipinski definition) is 15. The molecule has 3 fully saturated rings. The van der Waals surface area contributed by atoms with Crippen LogP contribution < -0.4 is 5.73 Å². The summed E-state index contributed by atoms with van der Waals surface area (Å²) in [4.78, 5) is 18.2. The fourth-order valence-electron chi connectivity index (χ4n) is 9.33. The molecule has 0 bridgehead atoms. The van der Waals surface area contributed by atoms with Crippen LogP contribution in [0.25, 0.3) is 0 Å². The van der Waals surface area contributed by atoms with E-state index in [4.69, 9.17) is 38.9 Å². The molecular formula is C41H79N3O12. The first kappa shape index (κ1) is 49.3. The van der Waals surface area contributed by atoms with Gasteiger partial charge in [0.05, 0.1) is 41.5 Å². The summed E-state index contributed by atoms with van der Waals surface area (Å²) in [5.74, 6) is -2.53. The molecule has 18 atom stereocenters. The number of methoxy groups -OCH3 is 1. The van der Waals surface area contributed by atoms with Crippen LogP contribution in [0.4, 0.5) is 0 Å². The predicted molar refractivity (Wildman–Crippen MR) is 212 cm³/mol. The highest BCUT2D eigenvalue weighted by atomic mass is 16.7. The summed E-state index contributed by atoms with van der Waals surface area (Å²) < 4.78 is 44.7. The van der Waals surface area contributed by atoms with E-state index >= 15 is 0 Å². The Morgan fingerprint density at radius 3 is 2.20 bits per heavy atom. The predicted octanol–water partition coefficient (Wildman–Crippen LogP) is 2.27. The van der Waals surface area contributed by atoms with Crippen LogP contribution in [0.1, 0.15) is 101 Å². The summed E-state index contributed by atoms with van der Waals surface area (Å²) >= 11 is 0. The number of carbonyl (C=O) groups excluding carboxylic acids is 1. The zero-order chi connectivity index (χ0) is 42.5. The average molecular weight is 806 g/mol. The lowest BCUT2D eigenvalue weighted by Gasteiger charge is -2.49. The molecule has 15 heteroatoms. The van der Waals surface area contributed by atoms with Crippen molar-refractivity contribution in [2.24, 2.45) is 23.5 Å². The Morgan fingerprint density at radius 1 is 0.982 bits per heavy atom. The number of aliphatic hydroxyl groups is 4. The van der Waals surface area contributed by atoms with E-state index in [9.17, 15) is 25.2 Å². The van der Waals surface area contributed by atoms with Gasteiger partial charge in [0.25, 0.3) is 0 Å². The zero-order valence-corrected chi connectivity index (χ0v) is 36.8. The third-order valence-corrected chi connectivity index (χ3v) is 12.8. The fraction of sp³-hybridized carbons (Fsp3) is 0.976. The molecule has 3 aliphatic heterocycles. The van der Waals surface area contributed by atoms with Crippen molar-refractivity contribution >= 4 is 5.97 Å². The summed E-state index contributed by atoms with van der Waals surface area (Å²) in [6, 6.07) is -0.802. The highest BCUT2D eigenvalue weighted by Gasteiger charge is 2.53. The first-order valence-corrected chi connectivity index (χ1v) is 20.8. The van der Waals surface area contributed by atoms with Crippen LogP contribution in [0.3, 0.4) is 0 Å². The standard InChI is InChI=1S/C41H79N3O12/c1-15-30-41(10,49)34(46)27(6)44(13)22-23(2)20-39(8,48)35(56-38-32(45)29(43(11)12)19-24(3)52-38)25(4)33(26(5)37(47)54-30)55-31-21-40(9,50-14)36(28(7)53-31)51-18-16-17-42/h23-36,38,45-46,48-49H,15-22,42H2,1-14H3/t23-,24-,25+,26-,27-,28+,29+,30-,31+,32-,33?,34-,35-,36+,38+,39-,40-,41-/m1/s1. The molecular weight excluding hydrogens is 726 g/mol. The van der Waals surface area contributed by atoms with E-state index in [-0.39, 0.29) is 37.3 Å². The molecule has 0 aromatic carbocycles. The van der Waals surface area contributed by atoms with Gasteiger partial charge in [0, 0.05) is 44.7 Å². The Balaban J connectivity index is 2.16. The summed E-state index contributed by atoms with van der Waals surface area (Å²) in [5, 5.41) is 47.6. The number of aliphatic hydroxyl groups excluding tert-OH is 2. The molecule has 330 valence electrons. The minimum absolute atomic E-state index is 0.138. The van der Waals surface area contributed by atoms with E-state index < -0.39 is 96.0 Å². The average Bonchev–Trinajstić information content (AvgIpc) is 3.11. The van der Waals surface area contributed by atoms with Gasteiger partial charge in [0.1, 0.15) is 30.0 Å². The third kappa shape index (κ3) is 11.6. The highest BCUT2D eigenvalue weighted by molar-refractivity contribution is 5.73. The van der Waals surface area contributed by atoms with Gasteiger partial charge < -0.3 is 69.1 Å². The van der Waals surface area contributed by atoms with Crippen molar-refractivity contribution in [3.8, 4) is 0 Å². The van der Waals surface area contributed by atoms with Crippen molar-refractivity contribution in [3.63, 3.8) is 0 Å². The number of carbonyl (C=O) groups is 1. The van der Waals surface area contributed by atoms with Gasteiger partial charge in [-0.15, -0.1) is 0 Å². The number of cyclic esters (lactones) is 1. The van der Waals surface area contributed by atoms with Crippen LogP contribution in [-0.2, 0) is 38.0 Å². The molecule has 0 aromatic rings. The molecule has 3 saturated heterocycles. The molecule has 0 saturated carbocycles. The van der Waals surface area contributed by atoms with E-state index in [0.29, 0.717) is 32.5 Å². The van der Waals surface area contributed by atoms with Crippen LogP contribution in [-0.4, -0.2) is 174 Å². The molecule has 0 spiro atoms. The van der Waals surface area contributed by atoms with E-state index in [2.05, 4.69) is 0 Å². The minimum atomic E-state index is -1.80. The minimum Gasteiger partial charge on any atom is -0.459 e. The quantitative estimate of drug-likeness (QED) is 0.151. The van der Waals surface area contributed by atoms with Crippen molar-refractivity contribution in [2.45, 2.75) is 192 Å². The summed E-state index contributed by atoms with van der Waals surface area (Å²) in [6.45, 7) is 19.5. The van der Waals surface area contributed by atoms with Gasteiger partial charge in [-0.2, -0.15) is 0 Å². The fourth-order valence-corrected chi connectivity index (χ4v) is 9.33. The second-order valence-electron chi connectivity index (χ2n) is 18.2. The third-order valence-electron chi connectivity index (χ3n) is 12.8. The van der Waals surface area contributed by atoms with Gasteiger partial charge in [0.2, 0.25) is 0 Å². The van der Waals surface area contributed by atoms with Crippen molar-refractivity contribution in [3.05, 3.63) is 0 Å². The molecule has 56 heavy (non-hydrogen) atoms.